The first kappa shape index (κ1) is 15.6. The van der Waals surface area contributed by atoms with Gasteiger partial charge in [0.15, 0.2) is 0 Å². The normalized spacial score (nSPS) is 13.6. The highest BCUT2D eigenvalue weighted by atomic mass is 16.5. The van der Waals surface area contributed by atoms with E-state index in [1.807, 2.05) is 24.3 Å². The van der Waals surface area contributed by atoms with Gasteiger partial charge in [-0.3, -0.25) is 5.10 Å². The van der Waals surface area contributed by atoms with Crippen LogP contribution in [0.25, 0.3) is 5.95 Å². The van der Waals surface area contributed by atoms with Crippen molar-refractivity contribution in [2.75, 3.05) is 7.11 Å². The number of ether oxygens (including phenoxy) is 1. The summed E-state index contributed by atoms with van der Waals surface area (Å²) in [4.78, 5) is 4.43. The van der Waals surface area contributed by atoms with Gasteiger partial charge in [-0.05, 0) is 43.4 Å². The van der Waals surface area contributed by atoms with Gasteiger partial charge in [0.2, 0.25) is 11.8 Å². The minimum absolute atomic E-state index is 0.0409. The molecule has 0 amide bonds. The molecule has 0 aliphatic heterocycles. The Kier molecular flexibility index (Phi) is 3.83. The lowest BCUT2D eigenvalue weighted by Gasteiger charge is -2.09. The summed E-state index contributed by atoms with van der Waals surface area (Å²) in [5, 5.41) is 28.0. The molecule has 3 aromatic rings. The molecule has 0 bridgehead atoms. The van der Waals surface area contributed by atoms with Crippen LogP contribution in [-0.2, 0) is 19.3 Å². The van der Waals surface area contributed by atoms with Crippen molar-refractivity contribution in [1.82, 2.24) is 19.7 Å². The van der Waals surface area contributed by atoms with Crippen LogP contribution < -0.4 is 4.74 Å². The number of hydrogen-bond acceptors (Lipinski definition) is 5. The maximum atomic E-state index is 10.5. The Morgan fingerprint density at radius 3 is 2.56 bits per heavy atom. The van der Waals surface area contributed by atoms with E-state index < -0.39 is 0 Å². The number of aromatic hydroxyl groups is 2. The Morgan fingerprint density at radius 2 is 1.88 bits per heavy atom. The van der Waals surface area contributed by atoms with Crippen LogP contribution in [0.3, 0.4) is 0 Å². The lowest BCUT2D eigenvalue weighted by molar-refractivity contribution is 0.396. The van der Waals surface area contributed by atoms with Crippen molar-refractivity contribution in [2.45, 2.75) is 32.1 Å². The van der Waals surface area contributed by atoms with Gasteiger partial charge in [-0.25, -0.2) is 4.57 Å². The molecule has 1 aromatic carbocycles. The summed E-state index contributed by atoms with van der Waals surface area (Å²) in [6.07, 6.45) is 4.11. The molecular weight excluding hydrogens is 320 g/mol. The number of fused-ring (bicyclic) bond motifs is 1. The monoisotopic (exact) mass is 340 g/mol. The van der Waals surface area contributed by atoms with Crippen molar-refractivity contribution in [3.8, 4) is 23.5 Å². The lowest BCUT2D eigenvalue weighted by Crippen LogP contribution is -1.98. The topological polar surface area (TPSA) is 96.2 Å². The zero-order chi connectivity index (χ0) is 17.4. The Morgan fingerprint density at radius 1 is 1.16 bits per heavy atom. The number of nitrogens with zero attached hydrogens (tertiary/aromatic N) is 3. The number of benzene rings is 1. The molecule has 130 valence electrons. The van der Waals surface area contributed by atoms with Crippen molar-refractivity contribution in [3.05, 3.63) is 46.8 Å². The molecule has 0 spiro atoms. The average molecular weight is 340 g/mol. The molecule has 2 heterocycles. The van der Waals surface area contributed by atoms with E-state index in [0.29, 0.717) is 12.2 Å². The van der Waals surface area contributed by atoms with Crippen LogP contribution in [0.5, 0.6) is 17.5 Å². The summed E-state index contributed by atoms with van der Waals surface area (Å²) in [5.41, 5.74) is 2.65. The van der Waals surface area contributed by atoms with Crippen molar-refractivity contribution in [3.63, 3.8) is 0 Å². The predicted octanol–water partition coefficient (Wildman–Crippen LogP) is 2.48. The number of rotatable bonds is 4. The quantitative estimate of drug-likeness (QED) is 0.678. The molecule has 4 rings (SSSR count). The van der Waals surface area contributed by atoms with Gasteiger partial charge < -0.3 is 14.9 Å². The Hall–Kier alpha value is -2.96. The molecule has 0 atom stereocenters. The number of H-pyrrole nitrogens is 1. The van der Waals surface area contributed by atoms with E-state index in [1.54, 1.807) is 7.11 Å². The van der Waals surface area contributed by atoms with Crippen LogP contribution in [-0.4, -0.2) is 37.1 Å². The summed E-state index contributed by atoms with van der Waals surface area (Å²) in [5.74, 6) is 1.76. The molecule has 0 radical (unpaired) electrons. The van der Waals surface area contributed by atoms with E-state index in [1.165, 1.54) is 4.57 Å². The maximum Gasteiger partial charge on any atom is 0.258 e. The van der Waals surface area contributed by atoms with Crippen molar-refractivity contribution >= 4 is 0 Å². The predicted molar refractivity (Wildman–Crippen MR) is 91.5 cm³/mol. The highest BCUT2D eigenvalue weighted by Gasteiger charge is 2.26. The van der Waals surface area contributed by atoms with Gasteiger partial charge in [0.05, 0.1) is 7.11 Å². The highest BCUT2D eigenvalue weighted by Crippen LogP contribution is 2.39. The zero-order valence-corrected chi connectivity index (χ0v) is 14.0. The number of nitrogens with one attached hydrogen (secondary N) is 1. The van der Waals surface area contributed by atoms with Crippen LogP contribution in [0.2, 0.25) is 0 Å². The first-order valence-corrected chi connectivity index (χ1v) is 8.36. The molecular formula is C18H20N4O3. The Labute approximate surface area is 144 Å². The van der Waals surface area contributed by atoms with Gasteiger partial charge in [-0.15, -0.1) is 5.10 Å². The van der Waals surface area contributed by atoms with E-state index in [-0.39, 0.29) is 17.7 Å². The standard InChI is InChI=1S/C18H20N4O3/c1-25-12-6-4-5-11(9-12)10-15-19-18(21-20-15)22-16(23)13-7-2-3-8-14(13)17(22)24/h4-6,9,23-24H,2-3,7-8,10H2,1H3,(H,19,20,21). The molecule has 0 saturated carbocycles. The fourth-order valence-corrected chi connectivity index (χ4v) is 3.40. The SMILES string of the molecule is COc1cccc(Cc2nc(-n3c(O)c4c(c3O)CCCC4)n[nH]2)c1. The summed E-state index contributed by atoms with van der Waals surface area (Å²) < 4.78 is 6.55. The van der Waals surface area contributed by atoms with Crippen LogP contribution in [0.4, 0.5) is 0 Å². The second kappa shape index (κ2) is 6.16. The first-order chi connectivity index (χ1) is 12.2. The summed E-state index contributed by atoms with van der Waals surface area (Å²) >= 11 is 0. The summed E-state index contributed by atoms with van der Waals surface area (Å²) in [6.45, 7) is 0. The third kappa shape index (κ3) is 2.71. The Balaban J connectivity index is 1.64. The van der Waals surface area contributed by atoms with Gasteiger partial charge >= 0.3 is 0 Å². The van der Waals surface area contributed by atoms with Crippen LogP contribution in [0.15, 0.2) is 24.3 Å². The van der Waals surface area contributed by atoms with Gasteiger partial charge in [0.1, 0.15) is 11.6 Å². The van der Waals surface area contributed by atoms with Crippen molar-refractivity contribution in [2.24, 2.45) is 0 Å². The molecule has 2 aromatic heterocycles. The van der Waals surface area contributed by atoms with E-state index >= 15 is 0 Å². The molecule has 7 nitrogen and oxygen atoms in total. The second-order valence-corrected chi connectivity index (χ2v) is 6.26. The van der Waals surface area contributed by atoms with Crippen molar-refractivity contribution < 1.29 is 14.9 Å². The van der Waals surface area contributed by atoms with Gasteiger partial charge in [-0.1, -0.05) is 12.1 Å². The summed E-state index contributed by atoms with van der Waals surface area (Å²) in [7, 11) is 1.63. The third-order valence-electron chi connectivity index (χ3n) is 4.66. The number of aromatic nitrogens is 4. The molecule has 7 heteroatoms. The van der Waals surface area contributed by atoms with E-state index in [2.05, 4.69) is 15.2 Å². The number of methoxy groups -OCH3 is 1. The fourth-order valence-electron chi connectivity index (χ4n) is 3.40. The molecule has 0 saturated heterocycles. The first-order valence-electron chi connectivity index (χ1n) is 8.36. The minimum Gasteiger partial charge on any atom is -0.497 e. The molecule has 0 fully saturated rings. The molecule has 1 aliphatic carbocycles. The van der Waals surface area contributed by atoms with E-state index in [0.717, 1.165) is 48.1 Å². The van der Waals surface area contributed by atoms with Crippen LogP contribution >= 0.6 is 0 Å². The largest absolute Gasteiger partial charge is 0.497 e. The van der Waals surface area contributed by atoms with Gasteiger partial charge in [-0.2, -0.15) is 4.98 Å². The number of aromatic amines is 1. The van der Waals surface area contributed by atoms with E-state index in [4.69, 9.17) is 4.74 Å². The van der Waals surface area contributed by atoms with Gasteiger partial charge in [0.25, 0.3) is 5.95 Å². The average Bonchev–Trinajstić information content (AvgIpc) is 3.18. The smallest absolute Gasteiger partial charge is 0.258 e. The molecule has 1 aliphatic rings. The van der Waals surface area contributed by atoms with Crippen LogP contribution in [0, 0.1) is 0 Å². The maximum absolute atomic E-state index is 10.5. The zero-order valence-electron chi connectivity index (χ0n) is 14.0. The highest BCUT2D eigenvalue weighted by molar-refractivity contribution is 5.50. The van der Waals surface area contributed by atoms with E-state index in [9.17, 15) is 10.2 Å². The minimum atomic E-state index is 0.0409. The second-order valence-electron chi connectivity index (χ2n) is 6.26. The summed E-state index contributed by atoms with van der Waals surface area (Å²) in [6, 6.07) is 7.72. The van der Waals surface area contributed by atoms with Crippen LogP contribution in [0.1, 0.15) is 35.4 Å². The Bertz CT molecular complexity index is 884. The molecule has 25 heavy (non-hydrogen) atoms. The van der Waals surface area contributed by atoms with Gasteiger partial charge in [0, 0.05) is 17.5 Å². The molecule has 3 N–H and O–H groups in total. The lowest BCUT2D eigenvalue weighted by atomic mass is 9.95. The van der Waals surface area contributed by atoms with Crippen molar-refractivity contribution in [1.29, 1.82) is 0 Å². The molecule has 0 unspecified atom stereocenters. The third-order valence-corrected chi connectivity index (χ3v) is 4.66. The number of hydrogen-bond donors (Lipinski definition) is 3. The fraction of sp³-hybridized carbons (Fsp3) is 0.333.